The Labute approximate surface area is 180 Å². The first kappa shape index (κ1) is 22.2. The molecule has 2 amide bonds. The van der Waals surface area contributed by atoms with Crippen LogP contribution in [0, 0.1) is 0 Å². The summed E-state index contributed by atoms with van der Waals surface area (Å²) < 4.78 is 0. The van der Waals surface area contributed by atoms with Gasteiger partial charge in [-0.2, -0.15) is 0 Å². The van der Waals surface area contributed by atoms with Crippen molar-refractivity contribution in [3.05, 3.63) is 63.7 Å². The summed E-state index contributed by atoms with van der Waals surface area (Å²) in [7, 11) is 0. The summed E-state index contributed by atoms with van der Waals surface area (Å²) in [5.41, 5.74) is 4.74. The molecule has 0 fully saturated rings. The van der Waals surface area contributed by atoms with Gasteiger partial charge in [0.2, 0.25) is 5.91 Å². The molecule has 0 aromatic heterocycles. The van der Waals surface area contributed by atoms with E-state index in [1.165, 1.54) is 17.0 Å². The van der Waals surface area contributed by atoms with Gasteiger partial charge in [-0.25, -0.2) is 0 Å². The summed E-state index contributed by atoms with van der Waals surface area (Å²) in [6, 6.07) is 9.49. The van der Waals surface area contributed by atoms with E-state index in [0.717, 1.165) is 13.1 Å². The van der Waals surface area contributed by atoms with Crippen LogP contribution < -0.4 is 10.6 Å². The number of aliphatic hydroxyl groups is 2. The van der Waals surface area contributed by atoms with Crippen molar-refractivity contribution in [2.75, 3.05) is 31.1 Å². The molecule has 4 N–H and O–H groups in total. The molecule has 1 unspecified atom stereocenters. The van der Waals surface area contributed by atoms with Crippen LogP contribution >= 0.6 is 11.6 Å². The highest BCUT2D eigenvalue weighted by Gasteiger charge is 2.53. The number of hydrogen-bond acceptors (Lipinski definition) is 5. The number of anilines is 1. The van der Waals surface area contributed by atoms with Gasteiger partial charge in [-0.15, -0.1) is 0 Å². The Balaban J connectivity index is 2.20. The largest absolute Gasteiger partial charge is 0.392 e. The second-order valence-corrected chi connectivity index (χ2v) is 7.63. The van der Waals surface area contributed by atoms with E-state index in [1.54, 1.807) is 24.3 Å². The quantitative estimate of drug-likeness (QED) is 0.591. The molecule has 2 aromatic carbocycles. The zero-order valence-electron chi connectivity index (χ0n) is 17.1. The van der Waals surface area contributed by atoms with E-state index >= 15 is 0 Å². The van der Waals surface area contributed by atoms with E-state index < -0.39 is 17.4 Å². The molecule has 0 radical (unpaired) electrons. The van der Waals surface area contributed by atoms with Crippen molar-refractivity contribution in [3.8, 4) is 0 Å². The first-order chi connectivity index (χ1) is 14.3. The highest BCUT2D eigenvalue weighted by atomic mass is 35.5. The van der Waals surface area contributed by atoms with E-state index in [0.29, 0.717) is 24.3 Å². The number of rotatable bonds is 8. The number of fused-ring (bicyclic) bond motifs is 1. The number of amides is 2. The van der Waals surface area contributed by atoms with Gasteiger partial charge in [0.15, 0.2) is 5.60 Å². The fraction of sp³-hybridized carbons (Fsp3) is 0.364. The van der Waals surface area contributed by atoms with Crippen LogP contribution in [-0.2, 0) is 17.0 Å². The van der Waals surface area contributed by atoms with Gasteiger partial charge in [0.25, 0.3) is 5.91 Å². The van der Waals surface area contributed by atoms with E-state index in [4.69, 9.17) is 17.3 Å². The van der Waals surface area contributed by atoms with Crippen molar-refractivity contribution in [3.63, 3.8) is 0 Å². The lowest BCUT2D eigenvalue weighted by atomic mass is 9.84. The molecule has 160 valence electrons. The van der Waals surface area contributed by atoms with Crippen molar-refractivity contribution >= 4 is 29.1 Å². The molecule has 3 rings (SSSR count). The molecule has 0 spiro atoms. The van der Waals surface area contributed by atoms with Gasteiger partial charge in [0, 0.05) is 29.8 Å². The van der Waals surface area contributed by atoms with E-state index in [2.05, 4.69) is 4.90 Å². The van der Waals surface area contributed by atoms with Gasteiger partial charge >= 0.3 is 0 Å². The van der Waals surface area contributed by atoms with Crippen molar-refractivity contribution in [2.24, 2.45) is 5.73 Å². The average molecular weight is 432 g/mol. The summed E-state index contributed by atoms with van der Waals surface area (Å²) in [5, 5.41) is 21.6. The lowest BCUT2D eigenvalue weighted by molar-refractivity contribution is -0.132. The molecule has 7 nitrogen and oxygen atoms in total. The molecule has 1 atom stereocenters. The SMILES string of the molecule is CCN(CC)CCN1C(=O)C(O)(c2ccccc2CO)c2c(Cl)cc(C(N)=O)cc21. The fourth-order valence-electron chi connectivity index (χ4n) is 3.98. The maximum Gasteiger partial charge on any atom is 0.268 e. The third-order valence-corrected chi connectivity index (χ3v) is 5.97. The van der Waals surface area contributed by atoms with Crippen LogP contribution in [0.5, 0.6) is 0 Å². The second kappa shape index (κ2) is 8.73. The number of likely N-dealkylation sites (N-methyl/N-ethyl adjacent to an activating group) is 1. The van der Waals surface area contributed by atoms with E-state index in [9.17, 15) is 19.8 Å². The highest BCUT2D eigenvalue weighted by molar-refractivity contribution is 6.33. The molecule has 0 saturated heterocycles. The minimum absolute atomic E-state index is 0.0650. The van der Waals surface area contributed by atoms with Crippen LogP contribution in [-0.4, -0.2) is 53.1 Å². The van der Waals surface area contributed by atoms with Crippen molar-refractivity contribution in [1.29, 1.82) is 0 Å². The van der Waals surface area contributed by atoms with Crippen LogP contribution in [0.4, 0.5) is 5.69 Å². The van der Waals surface area contributed by atoms with Gasteiger partial charge in [-0.1, -0.05) is 49.7 Å². The zero-order valence-corrected chi connectivity index (χ0v) is 17.8. The molecular weight excluding hydrogens is 406 g/mol. The first-order valence-corrected chi connectivity index (χ1v) is 10.3. The van der Waals surface area contributed by atoms with Crippen LogP contribution in [0.3, 0.4) is 0 Å². The Morgan fingerprint density at radius 3 is 2.50 bits per heavy atom. The van der Waals surface area contributed by atoms with E-state index in [-0.39, 0.29) is 28.3 Å². The Bertz CT molecular complexity index is 977. The Hall–Kier alpha value is -2.45. The number of carbonyl (C=O) groups excluding carboxylic acids is 2. The van der Waals surface area contributed by atoms with Crippen molar-refractivity contribution < 1.29 is 19.8 Å². The van der Waals surface area contributed by atoms with Gasteiger partial charge in [0.1, 0.15) is 0 Å². The first-order valence-electron chi connectivity index (χ1n) is 9.89. The maximum atomic E-state index is 13.6. The highest BCUT2D eigenvalue weighted by Crippen LogP contribution is 2.49. The van der Waals surface area contributed by atoms with Crippen LogP contribution in [0.15, 0.2) is 36.4 Å². The lowest BCUT2D eigenvalue weighted by Gasteiger charge is -2.27. The number of benzene rings is 2. The monoisotopic (exact) mass is 431 g/mol. The minimum atomic E-state index is -2.08. The van der Waals surface area contributed by atoms with Gasteiger partial charge in [-0.05, 0) is 30.8 Å². The summed E-state index contributed by atoms with van der Waals surface area (Å²) in [6.45, 7) is 6.20. The lowest BCUT2D eigenvalue weighted by Crippen LogP contribution is -2.44. The number of aliphatic hydroxyl groups excluding tert-OH is 1. The molecule has 1 heterocycles. The third-order valence-electron chi connectivity index (χ3n) is 5.67. The normalized spacial score (nSPS) is 18.2. The number of halogens is 1. The predicted molar refractivity (Wildman–Crippen MR) is 115 cm³/mol. The molecule has 1 aliphatic heterocycles. The number of nitrogens with two attached hydrogens (primary N) is 1. The molecule has 0 bridgehead atoms. The molecule has 0 saturated carbocycles. The second-order valence-electron chi connectivity index (χ2n) is 7.23. The van der Waals surface area contributed by atoms with Crippen LogP contribution in [0.2, 0.25) is 5.02 Å². The Morgan fingerprint density at radius 2 is 1.90 bits per heavy atom. The molecule has 8 heteroatoms. The third kappa shape index (κ3) is 3.58. The summed E-state index contributed by atoms with van der Waals surface area (Å²) >= 11 is 6.48. The minimum Gasteiger partial charge on any atom is -0.392 e. The van der Waals surface area contributed by atoms with Gasteiger partial charge < -0.3 is 25.7 Å². The topological polar surface area (TPSA) is 107 Å². The number of carbonyl (C=O) groups is 2. The van der Waals surface area contributed by atoms with Crippen LogP contribution in [0.1, 0.15) is 40.9 Å². The standard InChI is InChI=1S/C22H26ClN3O4/c1-3-25(4-2)9-10-26-18-12-15(20(24)28)11-17(23)19(18)22(30,21(26)29)16-8-6-5-7-14(16)13-27/h5-8,11-12,27,30H,3-4,9-10,13H2,1-2H3,(H2,24,28). The smallest absolute Gasteiger partial charge is 0.268 e. The zero-order chi connectivity index (χ0) is 22.1. The average Bonchev–Trinajstić information content (AvgIpc) is 2.96. The molecule has 1 aliphatic rings. The number of nitrogens with zero attached hydrogens (tertiary/aromatic N) is 2. The number of primary amides is 1. The summed E-state index contributed by atoms with van der Waals surface area (Å²) in [5.74, 6) is -1.25. The Kier molecular flexibility index (Phi) is 6.47. The molecule has 30 heavy (non-hydrogen) atoms. The van der Waals surface area contributed by atoms with Gasteiger partial charge in [-0.3, -0.25) is 9.59 Å². The fourth-order valence-corrected chi connectivity index (χ4v) is 4.33. The summed E-state index contributed by atoms with van der Waals surface area (Å²) in [6.07, 6.45) is 0. The number of hydrogen-bond donors (Lipinski definition) is 3. The maximum absolute atomic E-state index is 13.6. The van der Waals surface area contributed by atoms with Crippen molar-refractivity contribution in [1.82, 2.24) is 4.90 Å². The van der Waals surface area contributed by atoms with Gasteiger partial charge in [0.05, 0.1) is 17.3 Å². The molecular formula is C22H26ClN3O4. The predicted octanol–water partition coefficient (Wildman–Crippen LogP) is 1.86. The molecule has 2 aromatic rings. The van der Waals surface area contributed by atoms with E-state index in [1.807, 2.05) is 13.8 Å². The summed E-state index contributed by atoms with van der Waals surface area (Å²) in [4.78, 5) is 29.0. The van der Waals surface area contributed by atoms with Crippen LogP contribution in [0.25, 0.3) is 0 Å². The van der Waals surface area contributed by atoms with Crippen molar-refractivity contribution in [2.45, 2.75) is 26.1 Å². The molecule has 0 aliphatic carbocycles. The Morgan fingerprint density at radius 1 is 1.23 bits per heavy atom.